The summed E-state index contributed by atoms with van der Waals surface area (Å²) in [5.41, 5.74) is 2.71. The third-order valence-electron chi connectivity index (χ3n) is 4.95. The van der Waals surface area contributed by atoms with Gasteiger partial charge in [0.2, 0.25) is 0 Å². The second-order valence-corrected chi connectivity index (χ2v) is 6.93. The Morgan fingerprint density at radius 3 is 2.46 bits per heavy atom. The van der Waals surface area contributed by atoms with Crippen LogP contribution in [0.25, 0.3) is 0 Å². The summed E-state index contributed by atoms with van der Waals surface area (Å²) in [4.78, 5) is 15.0. The molecule has 1 aromatic carbocycles. The lowest BCUT2D eigenvalue weighted by Crippen LogP contribution is -2.47. The topological polar surface area (TPSA) is 41.6 Å². The van der Waals surface area contributed by atoms with E-state index in [-0.39, 0.29) is 36.2 Å². The molecule has 1 atom stereocenters. The van der Waals surface area contributed by atoms with E-state index in [1.165, 1.54) is 5.56 Å². The average Bonchev–Trinajstić information content (AvgIpc) is 2.49. The van der Waals surface area contributed by atoms with E-state index in [2.05, 4.69) is 24.1 Å². The van der Waals surface area contributed by atoms with Gasteiger partial charge in [0.25, 0.3) is 0 Å². The maximum absolute atomic E-state index is 12.5. The van der Waals surface area contributed by atoms with Gasteiger partial charge in [-0.3, -0.25) is 4.79 Å². The first-order valence-corrected chi connectivity index (χ1v) is 8.23. The third-order valence-corrected chi connectivity index (χ3v) is 4.95. The van der Waals surface area contributed by atoms with E-state index in [1.807, 2.05) is 19.1 Å². The molecule has 0 bridgehead atoms. The lowest BCUT2D eigenvalue weighted by molar-refractivity contribution is 0.0387. The Hall–Kier alpha value is -0.810. The Morgan fingerprint density at radius 2 is 1.79 bits per heavy atom. The van der Waals surface area contributed by atoms with Crippen LogP contribution in [-0.4, -0.2) is 49.0 Å². The van der Waals surface area contributed by atoms with Crippen molar-refractivity contribution in [1.29, 1.82) is 0 Å². The summed E-state index contributed by atoms with van der Waals surface area (Å²) < 4.78 is 6.25. The normalized spacial score (nSPS) is 23.5. The summed E-state index contributed by atoms with van der Waals surface area (Å²) in [6.45, 7) is 11.4. The summed E-state index contributed by atoms with van der Waals surface area (Å²) in [6, 6.07) is 3.99. The fourth-order valence-corrected chi connectivity index (χ4v) is 3.30. The maximum Gasteiger partial charge on any atom is 0.170 e. The third kappa shape index (κ3) is 4.63. The first-order valence-electron chi connectivity index (χ1n) is 8.23. The van der Waals surface area contributed by atoms with Gasteiger partial charge >= 0.3 is 0 Å². The van der Waals surface area contributed by atoms with Gasteiger partial charge in [-0.15, -0.1) is 24.8 Å². The van der Waals surface area contributed by atoms with E-state index in [9.17, 15) is 4.79 Å². The number of nitrogens with zero attached hydrogens (tertiary/aromatic N) is 1. The fourth-order valence-electron chi connectivity index (χ4n) is 3.30. The number of hydrogen-bond acceptors (Lipinski definition) is 4. The minimum atomic E-state index is -0.378. The molecule has 0 aromatic heterocycles. The van der Waals surface area contributed by atoms with Crippen molar-refractivity contribution in [1.82, 2.24) is 10.2 Å². The van der Waals surface area contributed by atoms with Gasteiger partial charge in [-0.2, -0.15) is 0 Å². The summed E-state index contributed by atoms with van der Waals surface area (Å²) in [5, 5.41) is 3.37. The molecule has 2 aliphatic rings. The van der Waals surface area contributed by atoms with E-state index < -0.39 is 0 Å². The molecular weight excluding hydrogens is 347 g/mol. The minimum Gasteiger partial charge on any atom is -0.486 e. The van der Waals surface area contributed by atoms with Gasteiger partial charge in [0.05, 0.1) is 12.0 Å². The van der Waals surface area contributed by atoms with Crippen molar-refractivity contribution < 1.29 is 9.53 Å². The molecule has 0 saturated carbocycles. The van der Waals surface area contributed by atoms with Crippen LogP contribution < -0.4 is 10.1 Å². The molecular formula is C18H28Cl2N2O2. The number of nitrogens with one attached hydrogen (secondary N) is 1. The van der Waals surface area contributed by atoms with Crippen LogP contribution in [0.1, 0.15) is 41.3 Å². The number of carbonyl (C=O) groups excluding carboxylic acids is 1. The zero-order chi connectivity index (χ0) is 15.7. The number of benzene rings is 1. The van der Waals surface area contributed by atoms with Crippen molar-refractivity contribution >= 4 is 30.6 Å². The van der Waals surface area contributed by atoms with E-state index in [0.717, 1.165) is 56.0 Å². The lowest BCUT2D eigenvalue weighted by atomic mass is 9.87. The molecule has 6 heteroatoms. The van der Waals surface area contributed by atoms with Gasteiger partial charge < -0.3 is 15.0 Å². The molecule has 0 amide bonds. The number of rotatable bonds is 3. The van der Waals surface area contributed by atoms with Crippen molar-refractivity contribution in [2.24, 2.45) is 0 Å². The predicted molar refractivity (Wildman–Crippen MR) is 102 cm³/mol. The Bertz CT molecular complexity index is 589. The zero-order valence-electron chi connectivity index (χ0n) is 14.7. The summed E-state index contributed by atoms with van der Waals surface area (Å²) in [7, 11) is 0. The average molecular weight is 375 g/mol. The second kappa shape index (κ2) is 8.52. The van der Waals surface area contributed by atoms with Crippen molar-refractivity contribution in [3.05, 3.63) is 28.8 Å². The highest BCUT2D eigenvalue weighted by molar-refractivity contribution is 6.00. The van der Waals surface area contributed by atoms with E-state index in [0.29, 0.717) is 6.42 Å². The number of Topliss-reactive ketones (excluding diaryl/α,β-unsaturated/α-hetero) is 1. The Balaban J connectivity index is 0.00000144. The molecule has 3 rings (SSSR count). The summed E-state index contributed by atoms with van der Waals surface area (Å²) in [6.07, 6.45) is 1.37. The second-order valence-electron chi connectivity index (χ2n) is 6.93. The molecule has 0 spiro atoms. The summed E-state index contributed by atoms with van der Waals surface area (Å²) >= 11 is 0. The highest BCUT2D eigenvalue weighted by Gasteiger charge is 2.36. The number of fused-ring (bicyclic) bond motifs is 1. The molecule has 1 aromatic rings. The smallest absolute Gasteiger partial charge is 0.170 e. The van der Waals surface area contributed by atoms with Crippen LogP contribution in [0.4, 0.5) is 0 Å². The number of hydrogen-bond donors (Lipinski definition) is 1. The van der Waals surface area contributed by atoms with Crippen LogP contribution in [0.15, 0.2) is 12.1 Å². The van der Waals surface area contributed by atoms with Crippen molar-refractivity contribution in [2.45, 2.75) is 39.2 Å². The molecule has 2 aliphatic heterocycles. The van der Waals surface area contributed by atoms with E-state index in [4.69, 9.17) is 4.74 Å². The largest absolute Gasteiger partial charge is 0.486 e. The molecule has 1 saturated heterocycles. The van der Waals surface area contributed by atoms with Gasteiger partial charge in [-0.25, -0.2) is 0 Å². The highest BCUT2D eigenvalue weighted by Crippen LogP contribution is 2.36. The number of aryl methyl sites for hydroxylation is 2. The Kier molecular flexibility index (Phi) is 7.54. The monoisotopic (exact) mass is 374 g/mol. The molecule has 0 radical (unpaired) electrons. The maximum atomic E-state index is 12.5. The van der Waals surface area contributed by atoms with Gasteiger partial charge in [0.1, 0.15) is 11.4 Å². The highest BCUT2D eigenvalue weighted by atomic mass is 35.5. The standard InChI is InChI=1S/C18H26N2O2.2ClH/c1-13-10-15-16(21)12-18(3,22-17(15)11-14(13)2)4-7-20-8-5-19-6-9-20;;/h10-11,19H,4-9,12H2,1-3H3;2*1H. The van der Waals surface area contributed by atoms with Crippen LogP contribution in [0, 0.1) is 13.8 Å². The number of ether oxygens (including phenoxy) is 1. The number of halogens is 2. The molecule has 1 N–H and O–H groups in total. The quantitative estimate of drug-likeness (QED) is 0.881. The molecule has 1 unspecified atom stereocenters. The van der Waals surface area contributed by atoms with Gasteiger partial charge in [0, 0.05) is 32.7 Å². The molecule has 2 heterocycles. The predicted octanol–water partition coefficient (Wildman–Crippen LogP) is 3.17. The first-order chi connectivity index (χ1) is 10.5. The molecule has 4 nitrogen and oxygen atoms in total. The summed E-state index contributed by atoms with van der Waals surface area (Å²) in [5.74, 6) is 0.981. The first kappa shape index (κ1) is 21.2. The molecule has 1 fully saturated rings. The zero-order valence-corrected chi connectivity index (χ0v) is 16.3. The van der Waals surface area contributed by atoms with Crippen molar-refractivity contribution in [3.8, 4) is 5.75 Å². The van der Waals surface area contributed by atoms with Gasteiger partial charge in [0.15, 0.2) is 5.78 Å². The van der Waals surface area contributed by atoms with Crippen LogP contribution in [-0.2, 0) is 0 Å². The molecule has 136 valence electrons. The van der Waals surface area contributed by atoms with Crippen molar-refractivity contribution in [2.75, 3.05) is 32.7 Å². The fraction of sp³-hybridized carbons (Fsp3) is 0.611. The molecule has 24 heavy (non-hydrogen) atoms. The van der Waals surface area contributed by atoms with Crippen LogP contribution in [0.5, 0.6) is 5.75 Å². The van der Waals surface area contributed by atoms with Crippen LogP contribution in [0.3, 0.4) is 0 Å². The lowest BCUT2D eigenvalue weighted by Gasteiger charge is -2.37. The van der Waals surface area contributed by atoms with Crippen molar-refractivity contribution in [3.63, 3.8) is 0 Å². The molecule has 0 aliphatic carbocycles. The number of carbonyl (C=O) groups is 1. The van der Waals surface area contributed by atoms with Crippen LogP contribution in [0.2, 0.25) is 0 Å². The number of ketones is 1. The van der Waals surface area contributed by atoms with Gasteiger partial charge in [-0.1, -0.05) is 0 Å². The SMILES string of the molecule is Cc1cc2c(cc1C)C(=O)CC(C)(CCN1CCNCC1)O2.Cl.Cl. The van der Waals surface area contributed by atoms with Gasteiger partial charge in [-0.05, 0) is 50.5 Å². The number of piperazine rings is 1. The Morgan fingerprint density at radius 1 is 1.17 bits per heavy atom. The minimum absolute atomic E-state index is 0. The van der Waals surface area contributed by atoms with E-state index >= 15 is 0 Å². The van der Waals surface area contributed by atoms with E-state index in [1.54, 1.807) is 0 Å². The Labute approximate surface area is 157 Å². The van der Waals surface area contributed by atoms with Crippen LogP contribution >= 0.6 is 24.8 Å².